The van der Waals surface area contributed by atoms with Gasteiger partial charge in [0, 0.05) is 0 Å². The number of methoxy groups -OCH3 is 2. The number of rotatable bonds is 5. The highest BCUT2D eigenvalue weighted by atomic mass is 19.2. The molecule has 1 N–H and O–H groups in total. The molecule has 1 aromatic heterocycles. The van der Waals surface area contributed by atoms with Gasteiger partial charge >= 0.3 is 0 Å². The van der Waals surface area contributed by atoms with Gasteiger partial charge in [-0.25, -0.2) is 13.8 Å². The van der Waals surface area contributed by atoms with Gasteiger partial charge in [-0.15, -0.1) is 0 Å². The minimum absolute atomic E-state index is 0.249. The van der Waals surface area contributed by atoms with E-state index in [0.717, 1.165) is 12.1 Å². The quantitative estimate of drug-likeness (QED) is 0.915. The number of hydrogen-bond acceptors (Lipinski definition) is 5. The van der Waals surface area contributed by atoms with Gasteiger partial charge in [0.2, 0.25) is 11.8 Å². The molecule has 0 saturated carbocycles. The average Bonchev–Trinajstić information content (AvgIpc) is 2.51. The third-order valence-electron chi connectivity index (χ3n) is 2.99. The van der Waals surface area contributed by atoms with Gasteiger partial charge in [0.05, 0.1) is 26.5 Å². The second-order valence-corrected chi connectivity index (χ2v) is 4.20. The molecule has 0 aliphatic carbocycles. The molecule has 2 rings (SSSR count). The van der Waals surface area contributed by atoms with Gasteiger partial charge in [-0.05, 0) is 24.7 Å². The zero-order valence-electron chi connectivity index (χ0n) is 11.9. The van der Waals surface area contributed by atoms with Crippen LogP contribution in [0.25, 0.3) is 0 Å². The Morgan fingerprint density at radius 1 is 1.14 bits per heavy atom. The first-order valence-electron chi connectivity index (χ1n) is 6.17. The van der Waals surface area contributed by atoms with Crippen LogP contribution in [0, 0.1) is 11.6 Å². The topological polar surface area (TPSA) is 56.3 Å². The Balaban J connectivity index is 2.47. The molecule has 7 heteroatoms. The van der Waals surface area contributed by atoms with Crippen molar-refractivity contribution in [2.24, 2.45) is 0 Å². The Hall–Kier alpha value is -2.28. The molecule has 1 atom stereocenters. The van der Waals surface area contributed by atoms with Crippen molar-refractivity contribution >= 4 is 0 Å². The van der Waals surface area contributed by atoms with Gasteiger partial charge in [0.25, 0.3) is 0 Å². The van der Waals surface area contributed by atoms with E-state index in [-0.39, 0.29) is 5.88 Å². The Morgan fingerprint density at radius 2 is 1.90 bits per heavy atom. The highest BCUT2D eigenvalue weighted by Crippen LogP contribution is 2.28. The normalized spacial score (nSPS) is 12.0. The predicted molar refractivity (Wildman–Crippen MR) is 72.4 cm³/mol. The van der Waals surface area contributed by atoms with E-state index in [2.05, 4.69) is 15.3 Å². The molecule has 0 spiro atoms. The number of benzene rings is 1. The first-order valence-corrected chi connectivity index (χ1v) is 6.17. The molecule has 0 saturated heterocycles. The lowest BCUT2D eigenvalue weighted by Crippen LogP contribution is -2.20. The lowest BCUT2D eigenvalue weighted by Gasteiger charge is -2.18. The van der Waals surface area contributed by atoms with Crippen molar-refractivity contribution in [3.05, 3.63) is 47.3 Å². The van der Waals surface area contributed by atoms with Gasteiger partial charge in [-0.3, -0.25) is 0 Å². The lowest BCUT2D eigenvalue weighted by atomic mass is 10.0. The third-order valence-corrected chi connectivity index (χ3v) is 2.99. The fourth-order valence-corrected chi connectivity index (χ4v) is 1.97. The van der Waals surface area contributed by atoms with Crippen LogP contribution in [0.5, 0.6) is 11.8 Å². The first kappa shape index (κ1) is 15.1. The number of halogens is 2. The maximum absolute atomic E-state index is 13.4. The van der Waals surface area contributed by atoms with E-state index in [1.54, 1.807) is 7.05 Å². The number of aromatic nitrogens is 2. The van der Waals surface area contributed by atoms with Crippen LogP contribution < -0.4 is 14.8 Å². The fourth-order valence-electron chi connectivity index (χ4n) is 1.97. The molecular formula is C14H15F2N3O2. The molecule has 0 amide bonds. The zero-order chi connectivity index (χ0) is 15.4. The Labute approximate surface area is 120 Å². The second kappa shape index (κ2) is 6.45. The Bertz CT molecular complexity index is 638. The van der Waals surface area contributed by atoms with Crippen LogP contribution in [-0.4, -0.2) is 31.2 Å². The highest BCUT2D eigenvalue weighted by Gasteiger charge is 2.21. The molecule has 1 unspecified atom stereocenters. The molecule has 112 valence electrons. The van der Waals surface area contributed by atoms with Crippen molar-refractivity contribution < 1.29 is 18.3 Å². The number of nitrogens with one attached hydrogen (secondary N) is 1. The Kier molecular flexibility index (Phi) is 4.64. The van der Waals surface area contributed by atoms with Crippen molar-refractivity contribution in [2.45, 2.75) is 6.04 Å². The summed E-state index contributed by atoms with van der Waals surface area (Å²) in [5, 5.41) is 2.98. The molecule has 0 bridgehead atoms. The molecule has 21 heavy (non-hydrogen) atoms. The van der Waals surface area contributed by atoms with Crippen LogP contribution in [0.15, 0.2) is 24.4 Å². The minimum atomic E-state index is -0.923. The molecule has 0 aliphatic rings. The highest BCUT2D eigenvalue weighted by molar-refractivity contribution is 5.34. The molecule has 0 radical (unpaired) electrons. The van der Waals surface area contributed by atoms with Gasteiger partial charge in [-0.2, -0.15) is 4.98 Å². The molecule has 5 nitrogen and oxygen atoms in total. The lowest BCUT2D eigenvalue weighted by molar-refractivity contribution is 0.353. The maximum atomic E-state index is 13.4. The van der Waals surface area contributed by atoms with Crippen LogP contribution >= 0.6 is 0 Å². The Morgan fingerprint density at radius 3 is 2.48 bits per heavy atom. The van der Waals surface area contributed by atoms with Crippen LogP contribution in [0.4, 0.5) is 8.78 Å². The predicted octanol–water partition coefficient (Wildman–Crippen LogP) is 2.08. The second-order valence-electron chi connectivity index (χ2n) is 4.20. The van der Waals surface area contributed by atoms with E-state index in [0.29, 0.717) is 17.1 Å². The summed E-state index contributed by atoms with van der Waals surface area (Å²) in [7, 11) is 4.59. The van der Waals surface area contributed by atoms with Crippen molar-refractivity contribution in [3.8, 4) is 11.8 Å². The van der Waals surface area contributed by atoms with Crippen LogP contribution in [-0.2, 0) is 0 Å². The minimum Gasteiger partial charge on any atom is -0.480 e. The summed E-state index contributed by atoms with van der Waals surface area (Å²) in [4.78, 5) is 8.36. The van der Waals surface area contributed by atoms with E-state index in [4.69, 9.17) is 9.47 Å². The van der Waals surface area contributed by atoms with Crippen molar-refractivity contribution in [1.29, 1.82) is 0 Å². The van der Waals surface area contributed by atoms with E-state index in [9.17, 15) is 8.78 Å². The third kappa shape index (κ3) is 3.08. The largest absolute Gasteiger partial charge is 0.480 e. The summed E-state index contributed by atoms with van der Waals surface area (Å²) >= 11 is 0. The fraction of sp³-hybridized carbons (Fsp3) is 0.286. The van der Waals surface area contributed by atoms with E-state index >= 15 is 0 Å². The number of ether oxygens (including phenoxy) is 2. The zero-order valence-corrected chi connectivity index (χ0v) is 11.9. The summed E-state index contributed by atoms with van der Waals surface area (Å²) < 4.78 is 36.6. The molecule has 1 aromatic carbocycles. The van der Waals surface area contributed by atoms with E-state index < -0.39 is 17.7 Å². The van der Waals surface area contributed by atoms with Crippen molar-refractivity contribution in [1.82, 2.24) is 15.3 Å². The van der Waals surface area contributed by atoms with Crippen LogP contribution in [0.1, 0.15) is 17.3 Å². The van der Waals surface area contributed by atoms with Gasteiger partial charge in [0.15, 0.2) is 11.6 Å². The van der Waals surface area contributed by atoms with Crippen LogP contribution in [0.2, 0.25) is 0 Å². The van der Waals surface area contributed by atoms with Crippen molar-refractivity contribution in [2.75, 3.05) is 21.3 Å². The average molecular weight is 295 g/mol. The molecular weight excluding hydrogens is 280 g/mol. The maximum Gasteiger partial charge on any atom is 0.240 e. The van der Waals surface area contributed by atoms with E-state index in [1.165, 1.54) is 26.5 Å². The number of hydrogen-bond donors (Lipinski definition) is 1. The molecule has 0 fully saturated rings. The monoisotopic (exact) mass is 295 g/mol. The van der Waals surface area contributed by atoms with Gasteiger partial charge < -0.3 is 14.8 Å². The van der Waals surface area contributed by atoms with E-state index in [1.807, 2.05) is 0 Å². The first-order chi connectivity index (χ1) is 10.1. The summed E-state index contributed by atoms with van der Waals surface area (Å²) in [6.07, 6.45) is 1.43. The SMILES string of the molecule is CNC(c1ccc(F)c(F)c1)c1ncc(OC)nc1OC. The van der Waals surface area contributed by atoms with Crippen molar-refractivity contribution in [3.63, 3.8) is 0 Å². The summed E-state index contributed by atoms with van der Waals surface area (Å²) in [5.74, 6) is -1.27. The molecule has 2 aromatic rings. The van der Waals surface area contributed by atoms with Crippen LogP contribution in [0.3, 0.4) is 0 Å². The summed E-state index contributed by atoms with van der Waals surface area (Å²) in [5.41, 5.74) is 0.959. The smallest absolute Gasteiger partial charge is 0.240 e. The number of nitrogens with zero attached hydrogens (tertiary/aromatic N) is 2. The summed E-state index contributed by atoms with van der Waals surface area (Å²) in [6, 6.07) is 3.17. The summed E-state index contributed by atoms with van der Waals surface area (Å²) in [6.45, 7) is 0. The molecule has 0 aliphatic heterocycles. The molecule has 1 heterocycles. The van der Waals surface area contributed by atoms with Gasteiger partial charge in [0.1, 0.15) is 5.69 Å². The van der Waals surface area contributed by atoms with Gasteiger partial charge in [-0.1, -0.05) is 6.07 Å². The standard InChI is InChI=1S/C14H15F2N3O2/c1-17-12(8-4-5-9(15)10(16)6-8)13-14(21-3)19-11(20-2)7-18-13/h4-7,12,17H,1-3H3.